The molecule has 2 rings (SSSR count). The molecule has 4 atom stereocenters. The van der Waals surface area contributed by atoms with Crippen molar-refractivity contribution in [2.24, 2.45) is 5.92 Å². The summed E-state index contributed by atoms with van der Waals surface area (Å²) in [6, 6.07) is 0.974. The van der Waals surface area contributed by atoms with Gasteiger partial charge in [0.1, 0.15) is 0 Å². The maximum absolute atomic E-state index is 2.70. The summed E-state index contributed by atoms with van der Waals surface area (Å²) in [6.07, 6.45) is 4.19. The molecule has 2 saturated heterocycles. The molecule has 11 heavy (non-hydrogen) atoms. The number of nitrogens with zero attached hydrogens (tertiary/aromatic N) is 1. The monoisotopic (exact) mass is 153 g/mol. The summed E-state index contributed by atoms with van der Waals surface area (Å²) in [5, 5.41) is 0. The quantitative estimate of drug-likeness (QED) is 0.550. The molecule has 2 aliphatic heterocycles. The second-order valence-corrected chi connectivity index (χ2v) is 4.55. The maximum Gasteiger partial charge on any atom is 0.0232 e. The van der Waals surface area contributed by atoms with Crippen molar-refractivity contribution < 1.29 is 0 Å². The predicted octanol–water partition coefficient (Wildman–Crippen LogP) is 2.27. The van der Waals surface area contributed by atoms with Crippen LogP contribution in [0.2, 0.25) is 0 Å². The number of piperidine rings is 1. The lowest BCUT2D eigenvalue weighted by molar-refractivity contribution is 0.193. The molecule has 0 aliphatic carbocycles. The van der Waals surface area contributed by atoms with Crippen LogP contribution in [0.3, 0.4) is 0 Å². The summed E-state index contributed by atoms with van der Waals surface area (Å²) >= 11 is 0. The van der Waals surface area contributed by atoms with Crippen molar-refractivity contribution in [2.45, 2.75) is 51.6 Å². The van der Waals surface area contributed by atoms with Crippen molar-refractivity contribution in [2.75, 3.05) is 6.54 Å². The lowest BCUT2D eigenvalue weighted by Crippen LogP contribution is -2.37. The van der Waals surface area contributed by atoms with Gasteiger partial charge in [0.05, 0.1) is 0 Å². The Kier molecular flexibility index (Phi) is 1.54. The second kappa shape index (κ2) is 2.22. The van der Waals surface area contributed by atoms with Crippen molar-refractivity contribution in [3.8, 4) is 0 Å². The molecule has 2 heterocycles. The van der Waals surface area contributed by atoms with Gasteiger partial charge in [-0.1, -0.05) is 20.3 Å². The van der Waals surface area contributed by atoms with E-state index in [-0.39, 0.29) is 0 Å². The van der Waals surface area contributed by atoms with E-state index in [0.717, 1.165) is 12.0 Å². The van der Waals surface area contributed by atoms with Gasteiger partial charge in [-0.3, -0.25) is 4.90 Å². The first-order chi connectivity index (χ1) is 5.18. The van der Waals surface area contributed by atoms with E-state index in [9.17, 15) is 0 Å². The average Bonchev–Trinajstić information content (AvgIpc) is 2.63. The highest BCUT2D eigenvalue weighted by atomic mass is 15.4. The van der Waals surface area contributed by atoms with Gasteiger partial charge < -0.3 is 0 Å². The van der Waals surface area contributed by atoms with Gasteiger partial charge in [0.15, 0.2) is 0 Å². The van der Waals surface area contributed by atoms with Crippen LogP contribution in [0.5, 0.6) is 0 Å². The summed E-state index contributed by atoms with van der Waals surface area (Å²) in [7, 11) is 0. The summed E-state index contributed by atoms with van der Waals surface area (Å²) in [5.74, 6) is 0.932. The molecule has 0 bridgehead atoms. The number of hydrogen-bond donors (Lipinski definition) is 0. The molecule has 0 amide bonds. The van der Waals surface area contributed by atoms with Crippen LogP contribution >= 0.6 is 0 Å². The number of fused-ring (bicyclic) bond motifs is 1. The Labute approximate surface area is 69.8 Å². The molecule has 0 aromatic rings. The predicted molar refractivity (Wildman–Crippen MR) is 47.6 cm³/mol. The Morgan fingerprint density at radius 2 is 2.27 bits per heavy atom. The summed E-state index contributed by atoms with van der Waals surface area (Å²) in [5.41, 5.74) is 0.569. The molecule has 0 aromatic heterocycles. The van der Waals surface area contributed by atoms with Gasteiger partial charge in [0, 0.05) is 18.1 Å². The Morgan fingerprint density at radius 3 is 2.73 bits per heavy atom. The second-order valence-electron chi connectivity index (χ2n) is 4.55. The van der Waals surface area contributed by atoms with E-state index in [0.29, 0.717) is 5.54 Å². The van der Waals surface area contributed by atoms with E-state index in [1.165, 1.54) is 25.8 Å². The van der Waals surface area contributed by atoms with Crippen LogP contribution in [0.1, 0.15) is 40.0 Å². The molecule has 64 valence electrons. The van der Waals surface area contributed by atoms with Crippen molar-refractivity contribution in [1.82, 2.24) is 4.90 Å². The minimum atomic E-state index is 0.569. The fourth-order valence-electron chi connectivity index (χ4n) is 2.85. The fraction of sp³-hybridized carbons (Fsp3) is 1.00. The third kappa shape index (κ3) is 0.936. The van der Waals surface area contributed by atoms with Gasteiger partial charge >= 0.3 is 0 Å². The van der Waals surface area contributed by atoms with Crippen molar-refractivity contribution >= 4 is 0 Å². The zero-order valence-electron chi connectivity index (χ0n) is 7.93. The van der Waals surface area contributed by atoms with Crippen LogP contribution in [0.25, 0.3) is 0 Å². The zero-order chi connectivity index (χ0) is 8.06. The largest absolute Gasteiger partial charge is 0.292 e. The molecule has 0 saturated carbocycles. The van der Waals surface area contributed by atoms with Crippen molar-refractivity contribution in [3.05, 3.63) is 0 Å². The minimum absolute atomic E-state index is 0.569. The topological polar surface area (TPSA) is 3.01 Å². The Balaban J connectivity index is 2.08. The van der Waals surface area contributed by atoms with Gasteiger partial charge in [0.25, 0.3) is 0 Å². The highest BCUT2D eigenvalue weighted by molar-refractivity contribution is 5.11. The first-order valence-electron chi connectivity index (χ1n) is 4.95. The molecule has 0 N–H and O–H groups in total. The third-order valence-corrected chi connectivity index (χ3v) is 3.81. The van der Waals surface area contributed by atoms with Gasteiger partial charge in [-0.2, -0.15) is 0 Å². The van der Waals surface area contributed by atoms with E-state index in [1.807, 2.05) is 0 Å². The molecule has 2 fully saturated rings. The molecule has 0 radical (unpaired) electrons. The van der Waals surface area contributed by atoms with Gasteiger partial charge in [-0.25, -0.2) is 0 Å². The van der Waals surface area contributed by atoms with Gasteiger partial charge in [-0.05, 0) is 25.7 Å². The van der Waals surface area contributed by atoms with E-state index in [1.54, 1.807) is 0 Å². The molecule has 1 nitrogen and oxygen atoms in total. The molecule has 4 unspecified atom stereocenters. The van der Waals surface area contributed by atoms with Gasteiger partial charge in [0.2, 0.25) is 0 Å². The molecule has 0 spiro atoms. The van der Waals surface area contributed by atoms with Crippen LogP contribution in [0.4, 0.5) is 0 Å². The van der Waals surface area contributed by atoms with Crippen LogP contribution in [0, 0.1) is 5.92 Å². The molecule has 0 aromatic carbocycles. The normalized spacial score (nSPS) is 54.3. The van der Waals surface area contributed by atoms with Crippen molar-refractivity contribution in [1.29, 1.82) is 0 Å². The van der Waals surface area contributed by atoms with Gasteiger partial charge in [-0.15, -0.1) is 0 Å². The van der Waals surface area contributed by atoms with Crippen molar-refractivity contribution in [3.63, 3.8) is 0 Å². The highest BCUT2D eigenvalue weighted by Gasteiger charge is 2.55. The molecular weight excluding hydrogens is 134 g/mol. The van der Waals surface area contributed by atoms with E-state index >= 15 is 0 Å². The molecular formula is C10H19N. The highest BCUT2D eigenvalue weighted by Crippen LogP contribution is 2.49. The Bertz CT molecular complexity index is 162. The summed E-state index contributed by atoms with van der Waals surface area (Å²) < 4.78 is 0. The Morgan fingerprint density at radius 1 is 1.55 bits per heavy atom. The van der Waals surface area contributed by atoms with Crippen LogP contribution < -0.4 is 0 Å². The standard InChI is InChI=1S/C10H19N/c1-4-5-10(3)8(2)6-9-7-11(9)10/h8-9H,4-7H2,1-3H3. The first-order valence-corrected chi connectivity index (χ1v) is 4.95. The number of hydrogen-bond acceptors (Lipinski definition) is 1. The SMILES string of the molecule is CCCC1(C)C(C)CC2CN21. The molecule has 2 aliphatic rings. The summed E-state index contributed by atoms with van der Waals surface area (Å²) in [4.78, 5) is 2.70. The Hall–Kier alpha value is -0.0400. The minimum Gasteiger partial charge on any atom is -0.292 e. The molecule has 1 heteroatoms. The number of rotatable bonds is 2. The smallest absolute Gasteiger partial charge is 0.0232 e. The van der Waals surface area contributed by atoms with Crippen LogP contribution in [-0.2, 0) is 0 Å². The lowest BCUT2D eigenvalue weighted by atomic mass is 9.83. The average molecular weight is 153 g/mol. The lowest BCUT2D eigenvalue weighted by Gasteiger charge is -2.32. The maximum atomic E-state index is 2.70. The zero-order valence-corrected chi connectivity index (χ0v) is 7.93. The summed E-state index contributed by atoms with van der Waals surface area (Å²) in [6.45, 7) is 8.56. The third-order valence-electron chi connectivity index (χ3n) is 3.81. The first kappa shape index (κ1) is 7.60. The van der Waals surface area contributed by atoms with Crippen LogP contribution in [-0.4, -0.2) is 23.0 Å². The van der Waals surface area contributed by atoms with E-state index < -0.39 is 0 Å². The van der Waals surface area contributed by atoms with Crippen LogP contribution in [0.15, 0.2) is 0 Å². The van der Waals surface area contributed by atoms with E-state index in [2.05, 4.69) is 25.7 Å². The van der Waals surface area contributed by atoms with E-state index in [4.69, 9.17) is 0 Å². The fourth-order valence-corrected chi connectivity index (χ4v) is 2.85.